The van der Waals surface area contributed by atoms with E-state index in [9.17, 15) is 4.39 Å². The molecule has 1 fully saturated rings. The van der Waals surface area contributed by atoms with Crippen LogP contribution in [0.5, 0.6) is 0 Å². The topological polar surface area (TPSA) is 26.0 Å². The van der Waals surface area contributed by atoms with Crippen LogP contribution >= 0.6 is 0 Å². The Kier molecular flexibility index (Phi) is 2.94. The van der Waals surface area contributed by atoms with Crippen molar-refractivity contribution < 1.29 is 4.39 Å². The molecule has 0 aliphatic heterocycles. The Morgan fingerprint density at radius 3 is 2.67 bits per heavy atom. The van der Waals surface area contributed by atoms with Crippen molar-refractivity contribution in [2.24, 2.45) is 5.92 Å². The van der Waals surface area contributed by atoms with Gasteiger partial charge in [0.05, 0.1) is 5.69 Å². The van der Waals surface area contributed by atoms with Gasteiger partial charge in [0.15, 0.2) is 0 Å². The van der Waals surface area contributed by atoms with Crippen LogP contribution in [0, 0.1) is 18.7 Å². The minimum atomic E-state index is -0.289. The van der Waals surface area contributed by atoms with Crippen LogP contribution in [0.25, 0.3) is 0 Å². The molecule has 0 amide bonds. The van der Waals surface area contributed by atoms with Gasteiger partial charge in [-0.1, -0.05) is 25.7 Å². The molecule has 82 valence electrons. The van der Waals surface area contributed by atoms with Crippen molar-refractivity contribution in [1.29, 1.82) is 0 Å². The van der Waals surface area contributed by atoms with Crippen LogP contribution in [0.4, 0.5) is 10.1 Å². The van der Waals surface area contributed by atoms with E-state index in [-0.39, 0.29) is 11.5 Å². The zero-order valence-electron chi connectivity index (χ0n) is 9.22. The predicted octanol–water partition coefficient (Wildman–Crippen LogP) is 3.45. The molecule has 0 bridgehead atoms. The van der Waals surface area contributed by atoms with Crippen LogP contribution in [0.3, 0.4) is 0 Å². The van der Waals surface area contributed by atoms with Crippen molar-refractivity contribution in [3.63, 3.8) is 0 Å². The molecule has 1 aliphatic carbocycles. The summed E-state index contributed by atoms with van der Waals surface area (Å²) in [6.45, 7) is 1.97. The molecule has 2 N–H and O–H groups in total. The Morgan fingerprint density at radius 2 is 2.00 bits per heavy atom. The quantitative estimate of drug-likeness (QED) is 0.738. The molecule has 1 nitrogen and oxygen atoms in total. The fourth-order valence-electron chi connectivity index (χ4n) is 2.48. The Balaban J connectivity index is 2.16. The molecule has 1 aliphatic rings. The number of nitrogen functional groups attached to an aromatic ring is 1. The highest BCUT2D eigenvalue weighted by molar-refractivity contribution is 5.46. The van der Waals surface area contributed by atoms with Gasteiger partial charge in [0.1, 0.15) is 5.82 Å². The van der Waals surface area contributed by atoms with Crippen LogP contribution in [0.2, 0.25) is 0 Å². The zero-order chi connectivity index (χ0) is 10.8. The number of benzene rings is 1. The number of anilines is 1. The standard InChI is InChI=1S/C13H18FN/c1-9-6-12(14)13(15)8-11(9)7-10-4-2-3-5-10/h6,8,10H,2-5,7,15H2,1H3. The fraction of sp³-hybridized carbons (Fsp3) is 0.538. The molecule has 0 radical (unpaired) electrons. The zero-order valence-corrected chi connectivity index (χ0v) is 9.22. The van der Waals surface area contributed by atoms with Gasteiger partial charge in [0, 0.05) is 0 Å². The summed E-state index contributed by atoms with van der Waals surface area (Å²) in [5.74, 6) is 0.497. The van der Waals surface area contributed by atoms with Crippen LogP contribution in [0.1, 0.15) is 36.8 Å². The lowest BCUT2D eigenvalue weighted by Crippen LogP contribution is -2.03. The van der Waals surface area contributed by atoms with Gasteiger partial charge in [-0.2, -0.15) is 0 Å². The van der Waals surface area contributed by atoms with E-state index < -0.39 is 0 Å². The third-order valence-corrected chi connectivity index (χ3v) is 3.44. The minimum absolute atomic E-state index is 0.286. The van der Waals surface area contributed by atoms with Crippen molar-refractivity contribution in [3.8, 4) is 0 Å². The average molecular weight is 207 g/mol. The SMILES string of the molecule is Cc1cc(F)c(N)cc1CC1CCCC1. The molecule has 1 aromatic rings. The summed E-state index contributed by atoms with van der Waals surface area (Å²) in [7, 11) is 0. The number of hydrogen-bond acceptors (Lipinski definition) is 1. The van der Waals surface area contributed by atoms with Crippen molar-refractivity contribution in [2.45, 2.75) is 39.0 Å². The molecule has 0 spiro atoms. The van der Waals surface area contributed by atoms with E-state index in [1.165, 1.54) is 31.2 Å². The number of rotatable bonds is 2. The van der Waals surface area contributed by atoms with Crippen LogP contribution in [-0.2, 0) is 6.42 Å². The number of halogens is 1. The third kappa shape index (κ3) is 2.31. The van der Waals surface area contributed by atoms with Gasteiger partial charge in [-0.25, -0.2) is 4.39 Å². The molecule has 0 aromatic heterocycles. The van der Waals surface area contributed by atoms with E-state index in [0.717, 1.165) is 17.9 Å². The third-order valence-electron chi connectivity index (χ3n) is 3.44. The average Bonchev–Trinajstić information content (AvgIpc) is 2.67. The van der Waals surface area contributed by atoms with E-state index in [0.29, 0.717) is 0 Å². The first kappa shape index (κ1) is 10.5. The molecule has 0 unspecified atom stereocenters. The Labute approximate surface area is 90.5 Å². The van der Waals surface area contributed by atoms with E-state index in [2.05, 4.69) is 0 Å². The summed E-state index contributed by atoms with van der Waals surface area (Å²) < 4.78 is 13.1. The highest BCUT2D eigenvalue weighted by Gasteiger charge is 2.16. The van der Waals surface area contributed by atoms with Crippen molar-refractivity contribution >= 4 is 5.69 Å². The summed E-state index contributed by atoms with van der Waals surface area (Å²) in [6, 6.07) is 3.36. The molecule has 0 atom stereocenters. The molecule has 0 saturated heterocycles. The van der Waals surface area contributed by atoms with E-state index in [4.69, 9.17) is 5.73 Å². The largest absolute Gasteiger partial charge is 0.396 e. The Hall–Kier alpha value is -1.05. The summed E-state index contributed by atoms with van der Waals surface area (Å²) in [5, 5.41) is 0. The van der Waals surface area contributed by atoms with Crippen LogP contribution < -0.4 is 5.73 Å². The Morgan fingerprint density at radius 1 is 1.33 bits per heavy atom. The van der Waals surface area contributed by atoms with E-state index in [1.54, 1.807) is 6.07 Å². The lowest BCUT2D eigenvalue weighted by Gasteiger charge is -2.12. The first-order valence-electron chi connectivity index (χ1n) is 5.71. The second kappa shape index (κ2) is 4.21. The summed E-state index contributed by atoms with van der Waals surface area (Å²) in [6.07, 6.45) is 6.39. The molecule has 15 heavy (non-hydrogen) atoms. The number of nitrogens with two attached hydrogens (primary N) is 1. The summed E-state index contributed by atoms with van der Waals surface area (Å²) in [5.41, 5.74) is 8.13. The lowest BCUT2D eigenvalue weighted by molar-refractivity contribution is 0.544. The highest BCUT2D eigenvalue weighted by atomic mass is 19.1. The maximum atomic E-state index is 13.1. The second-order valence-corrected chi connectivity index (χ2v) is 4.65. The molecular formula is C13H18FN. The maximum absolute atomic E-state index is 13.1. The van der Waals surface area contributed by atoms with Gasteiger partial charge in [-0.3, -0.25) is 0 Å². The lowest BCUT2D eigenvalue weighted by atomic mass is 9.94. The van der Waals surface area contributed by atoms with Gasteiger partial charge >= 0.3 is 0 Å². The van der Waals surface area contributed by atoms with Crippen LogP contribution in [-0.4, -0.2) is 0 Å². The fourth-order valence-corrected chi connectivity index (χ4v) is 2.48. The van der Waals surface area contributed by atoms with E-state index >= 15 is 0 Å². The van der Waals surface area contributed by atoms with E-state index in [1.807, 2.05) is 13.0 Å². The van der Waals surface area contributed by atoms with Gasteiger partial charge in [-0.05, 0) is 42.5 Å². The first-order chi connectivity index (χ1) is 7.16. The molecule has 0 heterocycles. The van der Waals surface area contributed by atoms with Gasteiger partial charge in [-0.15, -0.1) is 0 Å². The smallest absolute Gasteiger partial charge is 0.146 e. The second-order valence-electron chi connectivity index (χ2n) is 4.65. The predicted molar refractivity (Wildman–Crippen MR) is 61.2 cm³/mol. The highest BCUT2D eigenvalue weighted by Crippen LogP contribution is 2.30. The molecule has 1 saturated carbocycles. The first-order valence-corrected chi connectivity index (χ1v) is 5.71. The normalized spacial score (nSPS) is 17.2. The summed E-state index contributed by atoms with van der Waals surface area (Å²) in [4.78, 5) is 0. The summed E-state index contributed by atoms with van der Waals surface area (Å²) >= 11 is 0. The monoisotopic (exact) mass is 207 g/mol. The van der Waals surface area contributed by atoms with Gasteiger partial charge < -0.3 is 5.73 Å². The van der Waals surface area contributed by atoms with Crippen molar-refractivity contribution in [2.75, 3.05) is 5.73 Å². The molecule has 2 rings (SSSR count). The molecular weight excluding hydrogens is 189 g/mol. The number of hydrogen-bond donors (Lipinski definition) is 1. The number of aryl methyl sites for hydroxylation is 1. The Bertz CT molecular complexity index is 354. The maximum Gasteiger partial charge on any atom is 0.146 e. The van der Waals surface area contributed by atoms with Crippen molar-refractivity contribution in [1.82, 2.24) is 0 Å². The molecule has 1 aromatic carbocycles. The van der Waals surface area contributed by atoms with Gasteiger partial charge in [0.25, 0.3) is 0 Å². The van der Waals surface area contributed by atoms with Crippen LogP contribution in [0.15, 0.2) is 12.1 Å². The van der Waals surface area contributed by atoms with Crippen molar-refractivity contribution in [3.05, 3.63) is 29.1 Å². The minimum Gasteiger partial charge on any atom is -0.396 e. The molecule has 2 heteroatoms. The van der Waals surface area contributed by atoms with Gasteiger partial charge in [0.2, 0.25) is 0 Å².